The number of aliphatic carboxylic acids is 1. The lowest BCUT2D eigenvalue weighted by Gasteiger charge is -2.10. The van der Waals surface area contributed by atoms with Crippen LogP contribution < -0.4 is 0 Å². The van der Waals surface area contributed by atoms with Gasteiger partial charge >= 0.3 is 11.9 Å². The molecule has 0 spiro atoms. The van der Waals surface area contributed by atoms with Gasteiger partial charge in [-0.2, -0.15) is 0 Å². The highest BCUT2D eigenvalue weighted by Gasteiger charge is 2.32. The van der Waals surface area contributed by atoms with Crippen molar-refractivity contribution >= 4 is 18.2 Å². The largest absolute Gasteiger partial charge is 0.479 e. The molecule has 2 N–H and O–H groups in total. The number of aliphatic hydroxyl groups excluding tert-OH is 1. The monoisotopic (exact) mass is 176 g/mol. The lowest BCUT2D eigenvalue weighted by molar-refractivity contribution is -0.162. The smallest absolute Gasteiger partial charge is 0.333 e. The van der Waals surface area contributed by atoms with Crippen LogP contribution in [0, 0.1) is 5.92 Å². The predicted molar refractivity (Wildman–Crippen MR) is 35.2 cm³/mol. The quantitative estimate of drug-likeness (QED) is 0.304. The Kier molecular flexibility index (Phi) is 3.92. The maximum Gasteiger partial charge on any atom is 0.333 e. The van der Waals surface area contributed by atoms with E-state index >= 15 is 0 Å². The minimum atomic E-state index is -2.05. The van der Waals surface area contributed by atoms with Gasteiger partial charge in [-0.25, -0.2) is 4.79 Å². The van der Waals surface area contributed by atoms with Crippen LogP contribution >= 0.6 is 0 Å². The van der Waals surface area contributed by atoms with E-state index in [2.05, 4.69) is 4.74 Å². The molecule has 0 aliphatic carbocycles. The van der Waals surface area contributed by atoms with Gasteiger partial charge in [0.15, 0.2) is 6.10 Å². The molecule has 0 aliphatic heterocycles. The average Bonchev–Trinajstić information content (AvgIpc) is 2.05. The first-order chi connectivity index (χ1) is 5.54. The number of rotatable bonds is 4. The Bertz CT molecular complexity index is 198. The van der Waals surface area contributed by atoms with Gasteiger partial charge in [-0.05, 0) is 0 Å². The topological polar surface area (TPSA) is 101 Å². The van der Waals surface area contributed by atoms with Gasteiger partial charge in [0.2, 0.25) is 0 Å². The van der Waals surface area contributed by atoms with E-state index in [4.69, 9.17) is 10.2 Å². The van der Waals surface area contributed by atoms with E-state index in [-0.39, 0.29) is 6.29 Å². The number of carboxylic acids is 1. The summed E-state index contributed by atoms with van der Waals surface area (Å²) in [6.07, 6.45) is -2.01. The molecule has 12 heavy (non-hydrogen) atoms. The number of hydrogen-bond donors (Lipinski definition) is 2. The minimum Gasteiger partial charge on any atom is -0.479 e. The van der Waals surface area contributed by atoms with E-state index in [0.29, 0.717) is 0 Å². The van der Waals surface area contributed by atoms with Gasteiger partial charge in [0.1, 0.15) is 12.2 Å². The van der Waals surface area contributed by atoms with Gasteiger partial charge in [0.05, 0.1) is 7.11 Å². The lowest BCUT2D eigenvalue weighted by Crippen LogP contribution is -2.36. The summed E-state index contributed by atoms with van der Waals surface area (Å²) in [4.78, 5) is 30.8. The van der Waals surface area contributed by atoms with Crippen LogP contribution in [0.1, 0.15) is 0 Å². The number of aliphatic hydroxyl groups is 1. The molecule has 0 rings (SSSR count). The van der Waals surface area contributed by atoms with Gasteiger partial charge in [-0.15, -0.1) is 0 Å². The number of aldehydes is 1. The van der Waals surface area contributed by atoms with E-state index in [0.717, 1.165) is 7.11 Å². The minimum absolute atomic E-state index is 0.0324. The van der Waals surface area contributed by atoms with E-state index in [1.807, 2.05) is 0 Å². The van der Waals surface area contributed by atoms with Crippen LogP contribution in [-0.2, 0) is 19.1 Å². The van der Waals surface area contributed by atoms with Crippen molar-refractivity contribution in [1.82, 2.24) is 0 Å². The molecular formula is C6H8O6. The number of hydrogen-bond acceptors (Lipinski definition) is 5. The first-order valence-corrected chi connectivity index (χ1v) is 2.98. The molecule has 0 fully saturated rings. The Morgan fingerprint density at radius 2 is 2.00 bits per heavy atom. The summed E-state index contributed by atoms with van der Waals surface area (Å²) in [6.45, 7) is 0. The molecule has 0 aliphatic rings. The molecule has 0 radical (unpaired) electrons. The van der Waals surface area contributed by atoms with Gasteiger partial charge < -0.3 is 19.7 Å². The third-order valence-electron chi connectivity index (χ3n) is 1.21. The molecule has 2 unspecified atom stereocenters. The number of carbonyl (C=O) groups excluding carboxylic acids is 2. The van der Waals surface area contributed by atoms with E-state index in [1.165, 1.54) is 0 Å². The normalized spacial score (nSPS) is 14.5. The third-order valence-corrected chi connectivity index (χ3v) is 1.21. The zero-order chi connectivity index (χ0) is 9.72. The van der Waals surface area contributed by atoms with Gasteiger partial charge in [0.25, 0.3) is 0 Å². The molecule has 6 nitrogen and oxygen atoms in total. The molecule has 0 aromatic heterocycles. The van der Waals surface area contributed by atoms with Crippen molar-refractivity contribution in [2.75, 3.05) is 7.11 Å². The Morgan fingerprint density at radius 1 is 1.50 bits per heavy atom. The maximum atomic E-state index is 10.6. The van der Waals surface area contributed by atoms with Gasteiger partial charge in [-0.3, -0.25) is 4.79 Å². The highest BCUT2D eigenvalue weighted by atomic mass is 16.5. The first-order valence-electron chi connectivity index (χ1n) is 2.98. The van der Waals surface area contributed by atoms with Crippen LogP contribution in [0.25, 0.3) is 0 Å². The van der Waals surface area contributed by atoms with Crippen molar-refractivity contribution in [1.29, 1.82) is 0 Å². The van der Waals surface area contributed by atoms with Crippen LogP contribution in [0.4, 0.5) is 0 Å². The fourth-order valence-electron chi connectivity index (χ4n) is 0.549. The van der Waals surface area contributed by atoms with E-state index in [9.17, 15) is 14.4 Å². The summed E-state index contributed by atoms with van der Waals surface area (Å²) in [5, 5.41) is 17.0. The molecule has 2 atom stereocenters. The maximum absolute atomic E-state index is 10.6. The Hall–Kier alpha value is -1.43. The van der Waals surface area contributed by atoms with Gasteiger partial charge in [0, 0.05) is 0 Å². The predicted octanol–water partition coefficient (Wildman–Crippen LogP) is -1.58. The van der Waals surface area contributed by atoms with Crippen LogP contribution in [0.3, 0.4) is 0 Å². The van der Waals surface area contributed by atoms with Crippen molar-refractivity contribution in [3.05, 3.63) is 0 Å². The second-order valence-corrected chi connectivity index (χ2v) is 1.97. The van der Waals surface area contributed by atoms with Crippen molar-refractivity contribution in [3.8, 4) is 0 Å². The Morgan fingerprint density at radius 3 is 2.25 bits per heavy atom. The lowest BCUT2D eigenvalue weighted by atomic mass is 10.1. The highest BCUT2D eigenvalue weighted by molar-refractivity contribution is 5.93. The number of methoxy groups -OCH3 is 1. The average molecular weight is 176 g/mol. The molecule has 0 amide bonds. The number of carbonyl (C=O) groups is 3. The number of carboxylic acid groups (broad SMARTS) is 1. The molecule has 0 bridgehead atoms. The molecule has 68 valence electrons. The number of ether oxygens (including phenoxy) is 1. The SMILES string of the molecule is COC(=O)C(C=O)C(O)C(=O)O. The number of esters is 1. The zero-order valence-corrected chi connectivity index (χ0v) is 6.26. The van der Waals surface area contributed by atoms with Crippen molar-refractivity contribution in [2.24, 2.45) is 5.92 Å². The fraction of sp³-hybridized carbons (Fsp3) is 0.500. The Labute approximate surface area is 67.8 Å². The summed E-state index contributed by atoms with van der Waals surface area (Å²) < 4.78 is 4.08. The summed E-state index contributed by atoms with van der Waals surface area (Å²) in [7, 11) is 0.993. The molecule has 0 saturated carbocycles. The van der Waals surface area contributed by atoms with E-state index < -0.39 is 24.0 Å². The molecule has 6 heteroatoms. The highest BCUT2D eigenvalue weighted by Crippen LogP contribution is 2.02. The van der Waals surface area contributed by atoms with Crippen molar-refractivity contribution < 1.29 is 29.3 Å². The van der Waals surface area contributed by atoms with Gasteiger partial charge in [-0.1, -0.05) is 0 Å². The van der Waals surface area contributed by atoms with Crippen molar-refractivity contribution in [3.63, 3.8) is 0 Å². The van der Waals surface area contributed by atoms with Crippen LogP contribution in [0.5, 0.6) is 0 Å². The standard InChI is InChI=1S/C6H8O6/c1-12-6(11)3(2-7)4(8)5(9)10/h2-4,8H,1H3,(H,9,10). The summed E-state index contributed by atoms with van der Waals surface area (Å²) in [5.74, 6) is -4.37. The van der Waals surface area contributed by atoms with Crippen LogP contribution in [0.2, 0.25) is 0 Å². The summed E-state index contributed by atoms with van der Waals surface area (Å²) in [5.41, 5.74) is 0. The molecule has 0 aromatic carbocycles. The fourth-order valence-corrected chi connectivity index (χ4v) is 0.549. The van der Waals surface area contributed by atoms with E-state index in [1.54, 1.807) is 0 Å². The second kappa shape index (κ2) is 4.45. The molecular weight excluding hydrogens is 168 g/mol. The third kappa shape index (κ3) is 2.31. The first kappa shape index (κ1) is 10.6. The van der Waals surface area contributed by atoms with Crippen LogP contribution in [-0.4, -0.2) is 41.7 Å². The molecule has 0 aromatic rings. The summed E-state index contributed by atoms with van der Waals surface area (Å²) >= 11 is 0. The van der Waals surface area contributed by atoms with Crippen molar-refractivity contribution in [2.45, 2.75) is 6.10 Å². The molecule has 0 saturated heterocycles. The Balaban J connectivity index is 4.44. The second-order valence-electron chi connectivity index (χ2n) is 1.97. The molecule has 0 heterocycles. The van der Waals surface area contributed by atoms with Crippen LogP contribution in [0.15, 0.2) is 0 Å². The zero-order valence-electron chi connectivity index (χ0n) is 6.26. The summed E-state index contributed by atoms with van der Waals surface area (Å²) in [6, 6.07) is 0.